The van der Waals surface area contributed by atoms with Crippen molar-refractivity contribution >= 4 is 28.6 Å². The summed E-state index contributed by atoms with van der Waals surface area (Å²) in [5, 5.41) is 13.1. The number of aliphatic hydroxyl groups is 1. The number of ether oxygens (including phenoxy) is 3. The van der Waals surface area contributed by atoms with Crippen LogP contribution < -0.4 is 15.1 Å². The molecule has 3 aliphatic rings. The van der Waals surface area contributed by atoms with Crippen LogP contribution in [0.3, 0.4) is 0 Å². The van der Waals surface area contributed by atoms with Gasteiger partial charge in [-0.3, -0.25) is 0 Å². The van der Waals surface area contributed by atoms with Gasteiger partial charge in [-0.2, -0.15) is 9.97 Å². The van der Waals surface area contributed by atoms with Gasteiger partial charge < -0.3 is 34.4 Å². The number of morpholine rings is 2. The SMILES string of the molecule is C[C@H]1COCCN1c1nc(N2CCOC[C@@H]2C)c2ccc(C3=CCC(CNCCO)O3)nc2n1. The molecule has 2 aromatic heterocycles. The summed E-state index contributed by atoms with van der Waals surface area (Å²) < 4.78 is 17.4. The van der Waals surface area contributed by atoms with Gasteiger partial charge in [-0.25, -0.2) is 4.98 Å². The number of fused-ring (bicyclic) bond motifs is 1. The van der Waals surface area contributed by atoms with Crippen LogP contribution in [0.25, 0.3) is 16.8 Å². The molecule has 0 amide bonds. The largest absolute Gasteiger partial charge is 0.487 e. The normalized spacial score (nSPS) is 25.5. The first-order chi connectivity index (χ1) is 16.6. The Morgan fingerprint density at radius 3 is 2.53 bits per heavy atom. The van der Waals surface area contributed by atoms with E-state index in [0.717, 1.165) is 42.2 Å². The average molecular weight is 471 g/mol. The molecule has 2 aromatic rings. The lowest BCUT2D eigenvalue weighted by molar-refractivity contribution is 0.0973. The second-order valence-corrected chi connectivity index (χ2v) is 9.12. The number of aromatic nitrogens is 3. The van der Waals surface area contributed by atoms with Gasteiger partial charge in [0.2, 0.25) is 5.95 Å². The minimum Gasteiger partial charge on any atom is -0.487 e. The molecule has 0 radical (unpaired) electrons. The molecule has 5 heterocycles. The van der Waals surface area contributed by atoms with Gasteiger partial charge >= 0.3 is 0 Å². The van der Waals surface area contributed by atoms with E-state index >= 15 is 0 Å². The van der Waals surface area contributed by atoms with Crippen molar-refractivity contribution in [1.29, 1.82) is 0 Å². The summed E-state index contributed by atoms with van der Waals surface area (Å²) in [6.07, 6.45) is 2.93. The molecule has 1 unspecified atom stereocenters. The molecule has 3 aliphatic heterocycles. The van der Waals surface area contributed by atoms with Crippen molar-refractivity contribution in [3.05, 3.63) is 23.9 Å². The number of nitrogens with one attached hydrogen (secondary N) is 1. The lowest BCUT2D eigenvalue weighted by Crippen LogP contribution is -2.46. The van der Waals surface area contributed by atoms with Gasteiger partial charge in [-0.15, -0.1) is 0 Å². The minimum atomic E-state index is 0.0407. The smallest absolute Gasteiger partial charge is 0.229 e. The molecule has 10 heteroatoms. The lowest BCUT2D eigenvalue weighted by atomic mass is 10.2. The standard InChI is InChI=1S/C24H34N6O4/c1-16-14-32-11-8-29(16)23-19-4-5-20(21-6-3-18(34-21)13-25-7-10-31)26-22(19)27-24(28-23)30-9-12-33-15-17(30)2/h4-6,16-18,25,31H,3,7-15H2,1-2H3/t16-,17-,18?/m0/s1. The van der Waals surface area contributed by atoms with Crippen LogP contribution in [0.2, 0.25) is 0 Å². The highest BCUT2D eigenvalue weighted by atomic mass is 16.5. The molecule has 0 spiro atoms. The van der Waals surface area contributed by atoms with E-state index in [-0.39, 0.29) is 24.8 Å². The molecule has 184 valence electrons. The van der Waals surface area contributed by atoms with Crippen LogP contribution in [-0.4, -0.2) is 97.5 Å². The summed E-state index contributed by atoms with van der Waals surface area (Å²) in [4.78, 5) is 19.4. The fourth-order valence-electron chi connectivity index (χ4n) is 4.68. The van der Waals surface area contributed by atoms with E-state index in [0.29, 0.717) is 51.1 Å². The van der Waals surface area contributed by atoms with Gasteiger partial charge in [-0.05, 0) is 32.1 Å². The summed E-state index contributed by atoms with van der Waals surface area (Å²) >= 11 is 0. The van der Waals surface area contributed by atoms with Gasteiger partial charge in [-0.1, -0.05) is 0 Å². The van der Waals surface area contributed by atoms with E-state index in [1.54, 1.807) is 0 Å². The van der Waals surface area contributed by atoms with Crippen molar-refractivity contribution in [2.45, 2.75) is 38.5 Å². The molecule has 0 saturated carbocycles. The highest BCUT2D eigenvalue weighted by Crippen LogP contribution is 2.32. The average Bonchev–Trinajstić information content (AvgIpc) is 3.33. The molecule has 0 aromatic carbocycles. The number of hydrogen-bond acceptors (Lipinski definition) is 10. The van der Waals surface area contributed by atoms with E-state index in [4.69, 9.17) is 34.3 Å². The highest BCUT2D eigenvalue weighted by Gasteiger charge is 2.28. The number of hydrogen-bond donors (Lipinski definition) is 2. The molecule has 5 rings (SSSR count). The van der Waals surface area contributed by atoms with Gasteiger partial charge in [0, 0.05) is 32.6 Å². The Morgan fingerprint density at radius 1 is 1.03 bits per heavy atom. The molecule has 10 nitrogen and oxygen atoms in total. The molecule has 34 heavy (non-hydrogen) atoms. The maximum absolute atomic E-state index is 8.98. The van der Waals surface area contributed by atoms with E-state index in [1.165, 1.54) is 0 Å². The summed E-state index contributed by atoms with van der Waals surface area (Å²) in [7, 11) is 0. The molecular formula is C24H34N6O4. The molecule has 2 N–H and O–H groups in total. The Bertz CT molecular complexity index is 1030. The van der Waals surface area contributed by atoms with Gasteiger partial charge in [0.25, 0.3) is 0 Å². The van der Waals surface area contributed by atoms with E-state index in [9.17, 15) is 0 Å². The quantitative estimate of drug-likeness (QED) is 0.573. The van der Waals surface area contributed by atoms with Crippen LogP contribution in [0, 0.1) is 0 Å². The predicted molar refractivity (Wildman–Crippen MR) is 130 cm³/mol. The molecule has 2 fully saturated rings. The van der Waals surface area contributed by atoms with Gasteiger partial charge in [0.1, 0.15) is 23.4 Å². The number of anilines is 2. The Morgan fingerprint density at radius 2 is 1.79 bits per heavy atom. The van der Waals surface area contributed by atoms with Crippen molar-refractivity contribution in [2.24, 2.45) is 0 Å². The number of nitrogens with zero attached hydrogens (tertiary/aromatic N) is 5. The lowest BCUT2D eigenvalue weighted by Gasteiger charge is -2.37. The van der Waals surface area contributed by atoms with Crippen LogP contribution in [0.15, 0.2) is 18.2 Å². The molecule has 0 bridgehead atoms. The first-order valence-corrected chi connectivity index (χ1v) is 12.2. The summed E-state index contributed by atoms with van der Waals surface area (Å²) in [6.45, 7) is 9.87. The topological polar surface area (TPSA) is 105 Å². The van der Waals surface area contributed by atoms with E-state index in [2.05, 4.69) is 41.1 Å². The third kappa shape index (κ3) is 4.81. The monoisotopic (exact) mass is 470 g/mol. The zero-order chi connectivity index (χ0) is 23.5. The fourth-order valence-corrected chi connectivity index (χ4v) is 4.68. The summed E-state index contributed by atoms with van der Waals surface area (Å²) in [5.41, 5.74) is 1.44. The maximum atomic E-state index is 8.98. The number of pyridine rings is 1. The van der Waals surface area contributed by atoms with Crippen LogP contribution in [0.1, 0.15) is 26.0 Å². The van der Waals surface area contributed by atoms with Crippen molar-refractivity contribution in [3.8, 4) is 0 Å². The molecule has 2 saturated heterocycles. The number of rotatable bonds is 7. The van der Waals surface area contributed by atoms with Crippen molar-refractivity contribution < 1.29 is 19.3 Å². The Labute approximate surface area is 199 Å². The molecule has 0 aliphatic carbocycles. The van der Waals surface area contributed by atoms with Gasteiger partial charge in [0.05, 0.1) is 50.5 Å². The Hall–Kier alpha value is -2.53. The minimum absolute atomic E-state index is 0.0407. The highest BCUT2D eigenvalue weighted by molar-refractivity contribution is 5.89. The maximum Gasteiger partial charge on any atom is 0.229 e. The number of aliphatic hydroxyl groups excluding tert-OH is 1. The zero-order valence-electron chi connectivity index (χ0n) is 19.9. The first kappa shape index (κ1) is 23.2. The third-order valence-electron chi connectivity index (χ3n) is 6.56. The van der Waals surface area contributed by atoms with Crippen LogP contribution >= 0.6 is 0 Å². The third-order valence-corrected chi connectivity index (χ3v) is 6.56. The first-order valence-electron chi connectivity index (χ1n) is 12.2. The van der Waals surface area contributed by atoms with E-state index < -0.39 is 0 Å². The fraction of sp³-hybridized carbons (Fsp3) is 0.625. The van der Waals surface area contributed by atoms with Crippen molar-refractivity contribution in [2.75, 3.05) is 69.0 Å². The van der Waals surface area contributed by atoms with Crippen molar-refractivity contribution in [1.82, 2.24) is 20.3 Å². The summed E-state index contributed by atoms with van der Waals surface area (Å²) in [5.74, 6) is 2.37. The second kappa shape index (κ2) is 10.4. The van der Waals surface area contributed by atoms with Crippen molar-refractivity contribution in [3.63, 3.8) is 0 Å². The van der Waals surface area contributed by atoms with Crippen LogP contribution in [0.4, 0.5) is 11.8 Å². The predicted octanol–water partition coefficient (Wildman–Crippen LogP) is 1.19. The second-order valence-electron chi connectivity index (χ2n) is 9.12. The van der Waals surface area contributed by atoms with E-state index in [1.807, 2.05) is 6.07 Å². The zero-order valence-corrected chi connectivity index (χ0v) is 19.9. The van der Waals surface area contributed by atoms with Crippen LogP contribution in [-0.2, 0) is 14.2 Å². The Kier molecular flexibility index (Phi) is 7.10. The Balaban J connectivity index is 1.49. The molecule has 3 atom stereocenters. The molecular weight excluding hydrogens is 436 g/mol. The van der Waals surface area contributed by atoms with Crippen LogP contribution in [0.5, 0.6) is 0 Å². The van der Waals surface area contributed by atoms with Gasteiger partial charge in [0.15, 0.2) is 5.65 Å². The summed E-state index contributed by atoms with van der Waals surface area (Å²) in [6, 6.07) is 4.46.